The van der Waals surface area contributed by atoms with Gasteiger partial charge < -0.3 is 16.0 Å². The molecule has 0 aromatic heterocycles. The van der Waals surface area contributed by atoms with E-state index in [1.165, 1.54) is 4.90 Å². The molecule has 130 valence electrons. The molecule has 0 unspecified atom stereocenters. The zero-order chi connectivity index (χ0) is 17.6. The van der Waals surface area contributed by atoms with E-state index < -0.39 is 0 Å². The molecule has 1 heterocycles. The van der Waals surface area contributed by atoms with Gasteiger partial charge in [-0.3, -0.25) is 9.59 Å². The fourth-order valence-corrected chi connectivity index (χ4v) is 3.30. The van der Waals surface area contributed by atoms with Gasteiger partial charge in [-0.05, 0) is 23.3 Å². The molecule has 0 radical (unpaired) electrons. The summed E-state index contributed by atoms with van der Waals surface area (Å²) in [5.74, 6) is -0.251. The lowest BCUT2D eigenvalue weighted by molar-refractivity contribution is -0.897. The number of primary amides is 1. The minimum absolute atomic E-state index is 0.0000129. The van der Waals surface area contributed by atoms with Crippen LogP contribution in [0.4, 0.5) is 5.69 Å². The number of amides is 2. The third-order valence-corrected chi connectivity index (χ3v) is 4.78. The van der Waals surface area contributed by atoms with Gasteiger partial charge in [0.15, 0.2) is 6.54 Å². The molecule has 3 rings (SSSR count). The van der Waals surface area contributed by atoms with Crippen LogP contribution in [-0.4, -0.2) is 31.4 Å². The number of rotatable bonds is 5. The molecule has 25 heavy (non-hydrogen) atoms. The highest BCUT2D eigenvalue weighted by Crippen LogP contribution is 2.20. The molecule has 2 aromatic rings. The third kappa shape index (κ3) is 4.67. The Balaban J connectivity index is 1.51. The van der Waals surface area contributed by atoms with Crippen molar-refractivity contribution in [1.82, 2.24) is 0 Å². The Morgan fingerprint density at radius 2 is 1.56 bits per heavy atom. The molecule has 0 aliphatic carbocycles. The van der Waals surface area contributed by atoms with Crippen LogP contribution in [0.2, 0.25) is 0 Å². The van der Waals surface area contributed by atoms with Crippen LogP contribution in [-0.2, 0) is 9.59 Å². The van der Waals surface area contributed by atoms with Gasteiger partial charge in [-0.15, -0.1) is 0 Å². The van der Waals surface area contributed by atoms with E-state index in [-0.39, 0.29) is 17.7 Å². The van der Waals surface area contributed by atoms with E-state index in [0.717, 1.165) is 42.7 Å². The number of carbonyl (C=O) groups excluding carboxylic acids is 2. The van der Waals surface area contributed by atoms with Gasteiger partial charge in [-0.25, -0.2) is 0 Å². The molecule has 1 fully saturated rings. The van der Waals surface area contributed by atoms with Crippen molar-refractivity contribution in [2.24, 2.45) is 11.7 Å². The summed E-state index contributed by atoms with van der Waals surface area (Å²) in [5.41, 5.74) is 8.42. The van der Waals surface area contributed by atoms with E-state index in [0.29, 0.717) is 6.54 Å². The van der Waals surface area contributed by atoms with E-state index >= 15 is 0 Å². The molecule has 1 aliphatic heterocycles. The topological polar surface area (TPSA) is 76.6 Å². The monoisotopic (exact) mass is 338 g/mol. The first-order valence-corrected chi connectivity index (χ1v) is 8.70. The minimum Gasteiger partial charge on any atom is -0.369 e. The normalized spacial score (nSPS) is 20.0. The average Bonchev–Trinajstić information content (AvgIpc) is 2.63. The molecule has 0 spiro atoms. The quantitative estimate of drug-likeness (QED) is 0.763. The Bertz CT molecular complexity index is 720. The Morgan fingerprint density at radius 1 is 0.960 bits per heavy atom. The predicted molar refractivity (Wildman–Crippen MR) is 98.0 cm³/mol. The SMILES string of the molecule is NC(=O)C1CC[NH+](CC(=O)Nc2ccc(-c3ccccc3)cc2)CC1. The first kappa shape index (κ1) is 17.2. The maximum absolute atomic E-state index is 12.2. The fourth-order valence-electron chi connectivity index (χ4n) is 3.30. The van der Waals surface area contributed by atoms with Crippen molar-refractivity contribution in [2.75, 3.05) is 25.0 Å². The van der Waals surface area contributed by atoms with Gasteiger partial charge in [0.2, 0.25) is 5.91 Å². The molecule has 2 amide bonds. The lowest BCUT2D eigenvalue weighted by Crippen LogP contribution is -3.14. The molecular formula is C20H24N3O2+. The maximum atomic E-state index is 12.2. The molecule has 0 saturated carbocycles. The second-order valence-corrected chi connectivity index (χ2v) is 6.59. The summed E-state index contributed by atoms with van der Waals surface area (Å²) in [7, 11) is 0. The number of nitrogens with two attached hydrogens (primary N) is 1. The Morgan fingerprint density at radius 3 is 2.16 bits per heavy atom. The van der Waals surface area contributed by atoms with Crippen molar-refractivity contribution < 1.29 is 14.5 Å². The number of piperidine rings is 1. The summed E-state index contributed by atoms with van der Waals surface area (Å²) in [4.78, 5) is 24.6. The molecule has 4 N–H and O–H groups in total. The highest BCUT2D eigenvalue weighted by molar-refractivity contribution is 5.91. The number of hydrogen-bond acceptors (Lipinski definition) is 2. The van der Waals surface area contributed by atoms with E-state index in [1.807, 2.05) is 42.5 Å². The largest absolute Gasteiger partial charge is 0.369 e. The molecule has 0 atom stereocenters. The summed E-state index contributed by atoms with van der Waals surface area (Å²) in [6.45, 7) is 2.05. The van der Waals surface area contributed by atoms with E-state index in [4.69, 9.17) is 5.73 Å². The first-order valence-electron chi connectivity index (χ1n) is 8.70. The highest BCUT2D eigenvalue weighted by Gasteiger charge is 2.26. The Labute approximate surface area is 147 Å². The van der Waals surface area contributed by atoms with Crippen molar-refractivity contribution in [2.45, 2.75) is 12.8 Å². The number of carbonyl (C=O) groups is 2. The van der Waals surface area contributed by atoms with E-state index in [9.17, 15) is 9.59 Å². The first-order chi connectivity index (χ1) is 12.1. The fraction of sp³-hybridized carbons (Fsp3) is 0.300. The number of quaternary nitrogens is 1. The predicted octanol–water partition coefficient (Wildman–Crippen LogP) is 1.07. The van der Waals surface area contributed by atoms with Gasteiger partial charge in [0.1, 0.15) is 0 Å². The van der Waals surface area contributed by atoms with Crippen LogP contribution in [0, 0.1) is 5.92 Å². The van der Waals surface area contributed by atoms with Crippen LogP contribution >= 0.6 is 0 Å². The van der Waals surface area contributed by atoms with Crippen molar-refractivity contribution in [3.8, 4) is 11.1 Å². The van der Waals surface area contributed by atoms with Crippen LogP contribution < -0.4 is 16.0 Å². The smallest absolute Gasteiger partial charge is 0.279 e. The average molecular weight is 338 g/mol. The standard InChI is InChI=1S/C20H23N3O2/c21-20(25)17-10-12-23(13-11-17)14-19(24)22-18-8-6-16(7-9-18)15-4-2-1-3-5-15/h1-9,17H,10-14H2,(H2,21,25)(H,22,24)/p+1. The summed E-state index contributed by atoms with van der Waals surface area (Å²) >= 11 is 0. The summed E-state index contributed by atoms with van der Waals surface area (Å²) in [6.07, 6.45) is 1.54. The molecule has 1 aliphatic rings. The summed E-state index contributed by atoms with van der Waals surface area (Å²) in [5, 5.41) is 2.95. The second-order valence-electron chi connectivity index (χ2n) is 6.59. The lowest BCUT2D eigenvalue weighted by atomic mass is 9.96. The van der Waals surface area contributed by atoms with Crippen LogP contribution in [0.5, 0.6) is 0 Å². The van der Waals surface area contributed by atoms with Gasteiger partial charge in [0, 0.05) is 24.4 Å². The van der Waals surface area contributed by atoms with E-state index in [2.05, 4.69) is 17.4 Å². The second kappa shape index (κ2) is 7.94. The molecule has 0 bridgehead atoms. The molecule has 5 heteroatoms. The van der Waals surface area contributed by atoms with Crippen molar-refractivity contribution in [1.29, 1.82) is 0 Å². The van der Waals surface area contributed by atoms with Crippen LogP contribution in [0.25, 0.3) is 11.1 Å². The lowest BCUT2D eigenvalue weighted by Gasteiger charge is -2.27. The molecule has 1 saturated heterocycles. The maximum Gasteiger partial charge on any atom is 0.279 e. The van der Waals surface area contributed by atoms with Crippen molar-refractivity contribution in [3.63, 3.8) is 0 Å². The highest BCUT2D eigenvalue weighted by atomic mass is 16.2. The van der Waals surface area contributed by atoms with Gasteiger partial charge in [-0.1, -0.05) is 42.5 Å². The van der Waals surface area contributed by atoms with Crippen molar-refractivity contribution in [3.05, 3.63) is 54.6 Å². The Kier molecular flexibility index (Phi) is 5.46. The minimum atomic E-state index is -0.220. The molecule has 2 aromatic carbocycles. The third-order valence-electron chi connectivity index (χ3n) is 4.78. The van der Waals surface area contributed by atoms with Gasteiger partial charge >= 0.3 is 0 Å². The molecular weight excluding hydrogens is 314 g/mol. The number of anilines is 1. The number of nitrogens with one attached hydrogen (secondary N) is 2. The molecule has 5 nitrogen and oxygen atoms in total. The van der Waals surface area contributed by atoms with Gasteiger partial charge in [0.25, 0.3) is 5.91 Å². The summed E-state index contributed by atoms with van der Waals surface area (Å²) in [6, 6.07) is 18.0. The van der Waals surface area contributed by atoms with Crippen LogP contribution in [0.1, 0.15) is 12.8 Å². The van der Waals surface area contributed by atoms with Gasteiger partial charge in [0.05, 0.1) is 13.1 Å². The van der Waals surface area contributed by atoms with Crippen molar-refractivity contribution >= 4 is 17.5 Å². The van der Waals surface area contributed by atoms with Crippen LogP contribution in [0.3, 0.4) is 0 Å². The zero-order valence-electron chi connectivity index (χ0n) is 14.2. The van der Waals surface area contributed by atoms with Gasteiger partial charge in [-0.2, -0.15) is 0 Å². The van der Waals surface area contributed by atoms with Crippen LogP contribution in [0.15, 0.2) is 54.6 Å². The number of likely N-dealkylation sites (tertiary alicyclic amines) is 1. The number of hydrogen-bond donors (Lipinski definition) is 3. The zero-order valence-corrected chi connectivity index (χ0v) is 14.2. The summed E-state index contributed by atoms with van der Waals surface area (Å²) < 4.78 is 0. The van der Waals surface area contributed by atoms with E-state index in [1.54, 1.807) is 0 Å². The Hall–Kier alpha value is -2.66. The number of benzene rings is 2.